The zero-order valence-corrected chi connectivity index (χ0v) is 15.9. The van der Waals surface area contributed by atoms with E-state index in [0.717, 1.165) is 56.3 Å². The van der Waals surface area contributed by atoms with Crippen LogP contribution in [0.5, 0.6) is 11.5 Å². The van der Waals surface area contributed by atoms with Crippen molar-refractivity contribution in [1.29, 1.82) is 0 Å². The molecule has 0 N–H and O–H groups in total. The zero-order valence-electron chi connectivity index (χ0n) is 15.2. The Balaban J connectivity index is 1.52. The van der Waals surface area contributed by atoms with Crippen LogP contribution in [0.25, 0.3) is 0 Å². The summed E-state index contributed by atoms with van der Waals surface area (Å²) in [5.74, 6) is 1.15. The summed E-state index contributed by atoms with van der Waals surface area (Å²) in [5, 5.41) is 0.169. The Kier molecular flexibility index (Phi) is 6.22. The van der Waals surface area contributed by atoms with Crippen molar-refractivity contribution in [3.05, 3.63) is 52.8 Å². The maximum Gasteiger partial charge on any atom is 0.160 e. The number of benzene rings is 2. The van der Waals surface area contributed by atoms with Gasteiger partial charge in [-0.2, -0.15) is 0 Å². The molecular formula is C20H24ClFN2O2. The first-order valence-electron chi connectivity index (χ1n) is 8.74. The zero-order chi connectivity index (χ0) is 18.5. The van der Waals surface area contributed by atoms with Gasteiger partial charge in [-0.1, -0.05) is 17.7 Å². The van der Waals surface area contributed by atoms with Crippen LogP contribution in [0.3, 0.4) is 0 Å². The van der Waals surface area contributed by atoms with Gasteiger partial charge in [0.1, 0.15) is 5.82 Å². The molecule has 0 saturated carbocycles. The van der Waals surface area contributed by atoms with Crippen LogP contribution in [-0.4, -0.2) is 51.8 Å². The third-order valence-corrected chi connectivity index (χ3v) is 5.11. The van der Waals surface area contributed by atoms with Crippen molar-refractivity contribution in [2.75, 3.05) is 51.8 Å². The number of rotatable bonds is 6. The van der Waals surface area contributed by atoms with Gasteiger partial charge in [0, 0.05) is 38.4 Å². The van der Waals surface area contributed by atoms with E-state index < -0.39 is 0 Å². The average molecular weight is 379 g/mol. The van der Waals surface area contributed by atoms with Crippen molar-refractivity contribution in [2.24, 2.45) is 0 Å². The van der Waals surface area contributed by atoms with Gasteiger partial charge in [0.25, 0.3) is 0 Å². The number of anilines is 1. The van der Waals surface area contributed by atoms with Crippen LogP contribution in [0.2, 0.25) is 5.02 Å². The molecule has 0 bridgehead atoms. The minimum absolute atomic E-state index is 0.169. The predicted molar refractivity (Wildman–Crippen MR) is 103 cm³/mol. The maximum absolute atomic E-state index is 13.6. The van der Waals surface area contributed by atoms with Crippen molar-refractivity contribution in [3.8, 4) is 11.5 Å². The van der Waals surface area contributed by atoms with Crippen LogP contribution >= 0.6 is 11.6 Å². The van der Waals surface area contributed by atoms with Gasteiger partial charge in [0.15, 0.2) is 11.5 Å². The number of nitrogens with zero attached hydrogens (tertiary/aromatic N) is 2. The number of methoxy groups -OCH3 is 2. The molecule has 4 nitrogen and oxygen atoms in total. The number of piperazine rings is 1. The van der Waals surface area contributed by atoms with Gasteiger partial charge in [0.2, 0.25) is 0 Å². The van der Waals surface area contributed by atoms with E-state index in [4.69, 9.17) is 21.1 Å². The highest BCUT2D eigenvalue weighted by Crippen LogP contribution is 2.28. The van der Waals surface area contributed by atoms with Gasteiger partial charge in [-0.05, 0) is 42.3 Å². The molecule has 26 heavy (non-hydrogen) atoms. The van der Waals surface area contributed by atoms with Crippen LogP contribution in [0.1, 0.15) is 5.56 Å². The number of hydrogen-bond donors (Lipinski definition) is 0. The van der Waals surface area contributed by atoms with E-state index in [9.17, 15) is 4.39 Å². The molecule has 1 saturated heterocycles. The molecule has 2 aromatic carbocycles. The molecule has 0 unspecified atom stereocenters. The van der Waals surface area contributed by atoms with E-state index in [0.29, 0.717) is 0 Å². The van der Waals surface area contributed by atoms with Gasteiger partial charge >= 0.3 is 0 Å². The molecule has 0 amide bonds. The SMILES string of the molecule is COc1ccc(CCN2CCN(c3ccc(Cl)c(F)c3)CC2)cc1OC. The monoisotopic (exact) mass is 378 g/mol. The summed E-state index contributed by atoms with van der Waals surface area (Å²) in [7, 11) is 3.30. The smallest absolute Gasteiger partial charge is 0.160 e. The molecule has 0 aromatic heterocycles. The minimum atomic E-state index is -0.361. The maximum atomic E-state index is 13.6. The van der Waals surface area contributed by atoms with Gasteiger partial charge in [0.05, 0.1) is 19.2 Å². The third kappa shape index (κ3) is 4.40. The molecule has 6 heteroatoms. The first-order chi connectivity index (χ1) is 12.6. The molecule has 0 spiro atoms. The first kappa shape index (κ1) is 18.8. The molecule has 0 atom stereocenters. The van der Waals surface area contributed by atoms with E-state index in [1.165, 1.54) is 11.6 Å². The summed E-state index contributed by atoms with van der Waals surface area (Å²) in [5.41, 5.74) is 2.12. The van der Waals surface area contributed by atoms with Crippen molar-refractivity contribution >= 4 is 17.3 Å². The van der Waals surface area contributed by atoms with Crippen molar-refractivity contribution in [2.45, 2.75) is 6.42 Å². The van der Waals surface area contributed by atoms with Crippen LogP contribution in [0.4, 0.5) is 10.1 Å². The molecule has 1 aliphatic rings. The lowest BCUT2D eigenvalue weighted by Crippen LogP contribution is -2.47. The molecule has 3 rings (SSSR count). The molecule has 0 aliphatic carbocycles. The largest absolute Gasteiger partial charge is 0.493 e. The molecule has 1 aliphatic heterocycles. The number of halogens is 2. The first-order valence-corrected chi connectivity index (χ1v) is 9.12. The number of hydrogen-bond acceptors (Lipinski definition) is 4. The molecular weight excluding hydrogens is 355 g/mol. The Morgan fingerprint density at radius 2 is 1.69 bits per heavy atom. The molecule has 1 heterocycles. The third-order valence-electron chi connectivity index (χ3n) is 4.81. The van der Waals surface area contributed by atoms with Crippen molar-refractivity contribution in [1.82, 2.24) is 4.90 Å². The second-order valence-corrected chi connectivity index (χ2v) is 6.77. The summed E-state index contributed by atoms with van der Waals surface area (Å²) in [6.45, 7) is 4.66. The van der Waals surface area contributed by atoms with E-state index >= 15 is 0 Å². The predicted octanol–water partition coefficient (Wildman–Crippen LogP) is 3.86. The minimum Gasteiger partial charge on any atom is -0.493 e. The molecule has 140 valence electrons. The van der Waals surface area contributed by atoms with Crippen LogP contribution < -0.4 is 14.4 Å². The van der Waals surface area contributed by atoms with Crippen molar-refractivity contribution < 1.29 is 13.9 Å². The van der Waals surface area contributed by atoms with Crippen molar-refractivity contribution in [3.63, 3.8) is 0 Å². The fourth-order valence-electron chi connectivity index (χ4n) is 3.23. The highest BCUT2D eigenvalue weighted by Gasteiger charge is 2.18. The van der Waals surface area contributed by atoms with Crippen LogP contribution in [0.15, 0.2) is 36.4 Å². The lowest BCUT2D eigenvalue weighted by Gasteiger charge is -2.36. The van der Waals surface area contributed by atoms with E-state index in [1.807, 2.05) is 18.2 Å². The Bertz CT molecular complexity index is 749. The van der Waals surface area contributed by atoms with E-state index in [-0.39, 0.29) is 10.8 Å². The summed E-state index contributed by atoms with van der Waals surface area (Å²) < 4.78 is 24.3. The van der Waals surface area contributed by atoms with E-state index in [2.05, 4.69) is 15.9 Å². The van der Waals surface area contributed by atoms with Gasteiger partial charge in [-0.3, -0.25) is 4.90 Å². The summed E-state index contributed by atoms with van der Waals surface area (Å²) >= 11 is 5.76. The topological polar surface area (TPSA) is 24.9 Å². The molecule has 1 fully saturated rings. The molecule has 0 radical (unpaired) electrons. The lowest BCUT2D eigenvalue weighted by molar-refractivity contribution is 0.261. The molecule has 2 aromatic rings. The normalized spacial score (nSPS) is 15.2. The highest BCUT2D eigenvalue weighted by atomic mass is 35.5. The lowest BCUT2D eigenvalue weighted by atomic mass is 10.1. The van der Waals surface area contributed by atoms with E-state index in [1.54, 1.807) is 20.3 Å². The number of ether oxygens (including phenoxy) is 2. The van der Waals surface area contributed by atoms with Gasteiger partial charge in [-0.25, -0.2) is 4.39 Å². The summed E-state index contributed by atoms with van der Waals surface area (Å²) in [6, 6.07) is 11.1. The Morgan fingerprint density at radius 1 is 0.962 bits per heavy atom. The second kappa shape index (κ2) is 8.60. The van der Waals surface area contributed by atoms with Crippen LogP contribution in [0, 0.1) is 5.82 Å². The fourth-order valence-corrected chi connectivity index (χ4v) is 3.35. The average Bonchev–Trinajstić information content (AvgIpc) is 2.68. The Hall–Kier alpha value is -1.98. The summed E-state index contributed by atoms with van der Waals surface area (Å²) in [4.78, 5) is 4.63. The fraction of sp³-hybridized carbons (Fsp3) is 0.400. The van der Waals surface area contributed by atoms with Gasteiger partial charge < -0.3 is 14.4 Å². The Labute approximate surface area is 159 Å². The quantitative estimate of drug-likeness (QED) is 0.762. The van der Waals surface area contributed by atoms with Gasteiger partial charge in [-0.15, -0.1) is 0 Å². The van der Waals surface area contributed by atoms with Crippen LogP contribution in [-0.2, 0) is 6.42 Å². The standard InChI is InChI=1S/C20H24ClFN2O2/c1-25-19-6-3-15(13-20(19)26-2)7-8-23-9-11-24(12-10-23)16-4-5-17(21)18(22)14-16/h3-6,13-14H,7-12H2,1-2H3. The summed E-state index contributed by atoms with van der Waals surface area (Å²) in [6.07, 6.45) is 0.954. The highest BCUT2D eigenvalue weighted by molar-refractivity contribution is 6.30. The Morgan fingerprint density at radius 3 is 2.35 bits per heavy atom. The second-order valence-electron chi connectivity index (χ2n) is 6.37.